The van der Waals surface area contributed by atoms with Crippen LogP contribution in [-0.4, -0.2) is 23.6 Å². The summed E-state index contributed by atoms with van der Waals surface area (Å²) in [5.74, 6) is -0.993. The Bertz CT molecular complexity index is 1520. The summed E-state index contributed by atoms with van der Waals surface area (Å²) in [6.45, 7) is 3.86. The van der Waals surface area contributed by atoms with Crippen LogP contribution in [0.15, 0.2) is 84.9 Å². The molecule has 6 rings (SSSR count). The van der Waals surface area contributed by atoms with Gasteiger partial charge in [0.1, 0.15) is 11.5 Å². The van der Waals surface area contributed by atoms with Crippen molar-refractivity contribution in [1.82, 2.24) is 0 Å². The van der Waals surface area contributed by atoms with E-state index in [2.05, 4.69) is 0 Å². The summed E-state index contributed by atoms with van der Waals surface area (Å²) in [6.07, 6.45) is 0. The van der Waals surface area contributed by atoms with Crippen molar-refractivity contribution in [3.05, 3.63) is 118 Å². The summed E-state index contributed by atoms with van der Waals surface area (Å²) < 4.78 is 5.95. The fourth-order valence-corrected chi connectivity index (χ4v) is 4.56. The SMILES string of the molecule is Cc1ccc(N2C(=O)c3ccc(Oc4ccc5c(c4)C(=O)N(c4ccc(C)cc4)C5=O)cc3C2=O)cc1. The maximum absolute atomic E-state index is 13.1. The number of aryl methyl sites for hydroxylation is 2. The van der Waals surface area contributed by atoms with E-state index in [1.807, 2.05) is 38.1 Å². The standard InChI is InChI=1S/C30H20N2O5/c1-17-3-7-19(8-4-17)31-27(33)23-13-11-21(15-25(23)29(31)35)37-22-12-14-24-26(16-22)30(36)32(28(24)34)20-9-5-18(2)6-10-20/h3-16H,1-2H3. The van der Waals surface area contributed by atoms with Crippen LogP contribution in [0.2, 0.25) is 0 Å². The molecule has 2 aliphatic rings. The summed E-state index contributed by atoms with van der Waals surface area (Å²) in [6, 6.07) is 23.6. The number of nitrogens with zero attached hydrogens (tertiary/aromatic N) is 2. The van der Waals surface area contributed by atoms with Gasteiger partial charge >= 0.3 is 0 Å². The minimum atomic E-state index is -0.433. The van der Waals surface area contributed by atoms with Crippen LogP contribution in [0.4, 0.5) is 11.4 Å². The third-order valence-corrected chi connectivity index (χ3v) is 6.54. The van der Waals surface area contributed by atoms with Crippen LogP contribution in [0, 0.1) is 13.8 Å². The molecular formula is C30H20N2O5. The van der Waals surface area contributed by atoms with Gasteiger partial charge in [0.15, 0.2) is 0 Å². The molecule has 0 fully saturated rings. The van der Waals surface area contributed by atoms with Crippen molar-refractivity contribution in [1.29, 1.82) is 0 Å². The number of hydrogen-bond donors (Lipinski definition) is 0. The second-order valence-electron chi connectivity index (χ2n) is 9.08. The summed E-state index contributed by atoms with van der Waals surface area (Å²) in [5.41, 5.74) is 4.10. The number of benzene rings is 4. The lowest BCUT2D eigenvalue weighted by Crippen LogP contribution is -2.29. The first-order valence-corrected chi connectivity index (χ1v) is 11.7. The van der Waals surface area contributed by atoms with Gasteiger partial charge in [0.05, 0.1) is 33.6 Å². The van der Waals surface area contributed by atoms with Gasteiger partial charge in [0.25, 0.3) is 23.6 Å². The van der Waals surface area contributed by atoms with Gasteiger partial charge in [-0.25, -0.2) is 9.80 Å². The number of carbonyl (C=O) groups is 4. The van der Waals surface area contributed by atoms with Gasteiger partial charge in [-0.05, 0) is 74.5 Å². The summed E-state index contributed by atoms with van der Waals surface area (Å²) >= 11 is 0. The molecular weight excluding hydrogens is 468 g/mol. The minimum absolute atomic E-state index is 0.237. The van der Waals surface area contributed by atoms with Crippen LogP contribution in [0.3, 0.4) is 0 Å². The number of anilines is 2. The van der Waals surface area contributed by atoms with Crippen molar-refractivity contribution in [2.24, 2.45) is 0 Å². The van der Waals surface area contributed by atoms with Gasteiger partial charge in [-0.3, -0.25) is 19.2 Å². The van der Waals surface area contributed by atoms with Crippen molar-refractivity contribution < 1.29 is 23.9 Å². The van der Waals surface area contributed by atoms with Crippen LogP contribution in [0.5, 0.6) is 11.5 Å². The average Bonchev–Trinajstić information content (AvgIpc) is 3.29. The lowest BCUT2D eigenvalue weighted by atomic mass is 10.1. The minimum Gasteiger partial charge on any atom is -0.457 e. The highest BCUT2D eigenvalue weighted by molar-refractivity contribution is 6.35. The Kier molecular flexibility index (Phi) is 5.01. The first-order valence-electron chi connectivity index (χ1n) is 11.7. The number of carbonyl (C=O) groups excluding carboxylic acids is 4. The predicted molar refractivity (Wildman–Crippen MR) is 138 cm³/mol. The Morgan fingerprint density at radius 3 is 1.19 bits per heavy atom. The highest BCUT2D eigenvalue weighted by Gasteiger charge is 2.38. The molecule has 180 valence electrons. The molecule has 0 aromatic heterocycles. The molecule has 2 aliphatic heterocycles. The zero-order valence-corrected chi connectivity index (χ0v) is 20.0. The molecule has 7 nitrogen and oxygen atoms in total. The van der Waals surface area contributed by atoms with Gasteiger partial charge < -0.3 is 4.74 Å². The van der Waals surface area contributed by atoms with Gasteiger partial charge in [-0.2, -0.15) is 0 Å². The number of rotatable bonds is 4. The molecule has 0 spiro atoms. The Labute approximate surface area is 212 Å². The Hall–Kier alpha value is -5.04. The fourth-order valence-electron chi connectivity index (χ4n) is 4.56. The Balaban J connectivity index is 1.27. The van der Waals surface area contributed by atoms with Crippen LogP contribution < -0.4 is 14.5 Å². The third-order valence-electron chi connectivity index (χ3n) is 6.54. The fraction of sp³-hybridized carbons (Fsp3) is 0.0667. The first kappa shape index (κ1) is 22.4. The first-order chi connectivity index (χ1) is 17.8. The monoisotopic (exact) mass is 488 g/mol. The van der Waals surface area contributed by atoms with E-state index < -0.39 is 23.6 Å². The molecule has 0 saturated carbocycles. The molecule has 4 aromatic rings. The number of ether oxygens (including phenoxy) is 1. The number of imide groups is 2. The highest BCUT2D eigenvalue weighted by atomic mass is 16.5. The Morgan fingerprint density at radius 1 is 0.459 bits per heavy atom. The lowest BCUT2D eigenvalue weighted by molar-refractivity contribution is 0.0910. The molecule has 2 heterocycles. The molecule has 0 radical (unpaired) electrons. The van der Waals surface area contributed by atoms with Crippen molar-refractivity contribution in [3.8, 4) is 11.5 Å². The quantitative estimate of drug-likeness (QED) is 0.344. The van der Waals surface area contributed by atoms with Crippen molar-refractivity contribution in [3.63, 3.8) is 0 Å². The average molecular weight is 488 g/mol. The number of fused-ring (bicyclic) bond motifs is 2. The van der Waals surface area contributed by atoms with E-state index in [0.29, 0.717) is 34.0 Å². The number of amides is 4. The second kappa shape index (κ2) is 8.27. The van der Waals surface area contributed by atoms with Gasteiger partial charge in [0, 0.05) is 0 Å². The molecule has 0 saturated heterocycles. The largest absolute Gasteiger partial charge is 0.457 e. The molecule has 37 heavy (non-hydrogen) atoms. The smallest absolute Gasteiger partial charge is 0.266 e. The molecule has 4 amide bonds. The Morgan fingerprint density at radius 2 is 0.811 bits per heavy atom. The predicted octanol–water partition coefficient (Wildman–Crippen LogP) is 5.70. The van der Waals surface area contributed by atoms with Crippen molar-refractivity contribution in [2.75, 3.05) is 9.80 Å². The zero-order valence-electron chi connectivity index (χ0n) is 20.0. The molecule has 7 heteroatoms. The van der Waals surface area contributed by atoms with E-state index in [0.717, 1.165) is 20.9 Å². The summed E-state index contributed by atoms with van der Waals surface area (Å²) in [4.78, 5) is 54.3. The van der Waals surface area contributed by atoms with E-state index in [4.69, 9.17) is 4.74 Å². The van der Waals surface area contributed by atoms with E-state index in [1.54, 1.807) is 48.5 Å². The van der Waals surface area contributed by atoms with Crippen LogP contribution >= 0.6 is 0 Å². The van der Waals surface area contributed by atoms with E-state index in [-0.39, 0.29) is 11.1 Å². The molecule has 0 atom stereocenters. The lowest BCUT2D eigenvalue weighted by Gasteiger charge is -2.13. The number of hydrogen-bond acceptors (Lipinski definition) is 5. The van der Waals surface area contributed by atoms with Crippen molar-refractivity contribution in [2.45, 2.75) is 13.8 Å². The topological polar surface area (TPSA) is 84.0 Å². The van der Waals surface area contributed by atoms with E-state index in [9.17, 15) is 19.2 Å². The van der Waals surface area contributed by atoms with Gasteiger partial charge in [-0.1, -0.05) is 35.4 Å². The third kappa shape index (κ3) is 3.60. The van der Waals surface area contributed by atoms with Crippen LogP contribution in [0.1, 0.15) is 52.6 Å². The molecule has 0 aliphatic carbocycles. The molecule has 0 bridgehead atoms. The van der Waals surface area contributed by atoms with Crippen LogP contribution in [0.25, 0.3) is 0 Å². The molecule has 4 aromatic carbocycles. The van der Waals surface area contributed by atoms with Crippen LogP contribution in [-0.2, 0) is 0 Å². The maximum Gasteiger partial charge on any atom is 0.266 e. The van der Waals surface area contributed by atoms with E-state index in [1.165, 1.54) is 12.1 Å². The zero-order chi connectivity index (χ0) is 25.8. The van der Waals surface area contributed by atoms with Crippen molar-refractivity contribution >= 4 is 35.0 Å². The van der Waals surface area contributed by atoms with Gasteiger partial charge in [0.2, 0.25) is 0 Å². The maximum atomic E-state index is 13.1. The summed E-state index contributed by atoms with van der Waals surface area (Å²) in [5, 5.41) is 0. The summed E-state index contributed by atoms with van der Waals surface area (Å²) in [7, 11) is 0. The second-order valence-corrected chi connectivity index (χ2v) is 9.08. The normalized spacial score (nSPS) is 14.3. The van der Waals surface area contributed by atoms with Gasteiger partial charge in [-0.15, -0.1) is 0 Å². The molecule has 0 unspecified atom stereocenters. The molecule has 0 N–H and O–H groups in total. The highest BCUT2D eigenvalue weighted by Crippen LogP contribution is 2.35. The van der Waals surface area contributed by atoms with E-state index >= 15 is 0 Å².